The molecule has 1 heterocycles. The summed E-state index contributed by atoms with van der Waals surface area (Å²) < 4.78 is 12.9. The van der Waals surface area contributed by atoms with Crippen LogP contribution in [0.5, 0.6) is 0 Å². The predicted octanol–water partition coefficient (Wildman–Crippen LogP) is 5.89. The van der Waals surface area contributed by atoms with Crippen LogP contribution in [0.2, 0.25) is 0 Å². The van der Waals surface area contributed by atoms with Crippen LogP contribution < -0.4 is 0 Å². The van der Waals surface area contributed by atoms with E-state index >= 15 is 0 Å². The van der Waals surface area contributed by atoms with Gasteiger partial charge in [0, 0.05) is 12.8 Å². The van der Waals surface area contributed by atoms with Crippen LogP contribution in [0, 0.1) is 35.5 Å². The Balaban J connectivity index is 1.86. The summed E-state index contributed by atoms with van der Waals surface area (Å²) >= 11 is 0. The maximum absolute atomic E-state index is 10.3. The number of aliphatic hydroxyl groups is 3. The zero-order valence-corrected chi connectivity index (χ0v) is 22.5. The van der Waals surface area contributed by atoms with E-state index in [9.17, 15) is 5.11 Å². The molecule has 196 valence electrons. The van der Waals surface area contributed by atoms with Crippen LogP contribution in [-0.2, 0) is 9.47 Å². The topological polar surface area (TPSA) is 79.2 Å². The molecule has 0 amide bonds. The van der Waals surface area contributed by atoms with E-state index < -0.39 is 12.6 Å². The van der Waals surface area contributed by atoms with Crippen LogP contribution in [0.3, 0.4) is 0 Å². The number of ether oxygens (including phenoxy) is 2. The first-order chi connectivity index (χ1) is 15.4. The Labute approximate surface area is 203 Å². The Morgan fingerprint density at radius 1 is 0.879 bits per heavy atom. The highest BCUT2D eigenvalue weighted by atomic mass is 16.6. The van der Waals surface area contributed by atoms with E-state index in [1.165, 1.54) is 32.1 Å². The fourth-order valence-corrected chi connectivity index (χ4v) is 6.31. The van der Waals surface area contributed by atoms with Gasteiger partial charge in [0.15, 0.2) is 12.6 Å². The van der Waals surface area contributed by atoms with Crippen molar-refractivity contribution < 1.29 is 24.8 Å². The fraction of sp³-hybridized carbons (Fsp3) is 1.00. The quantitative estimate of drug-likeness (QED) is 0.293. The van der Waals surface area contributed by atoms with Gasteiger partial charge in [-0.2, -0.15) is 0 Å². The van der Waals surface area contributed by atoms with Gasteiger partial charge < -0.3 is 24.8 Å². The maximum Gasteiger partial charge on any atom is 0.155 e. The van der Waals surface area contributed by atoms with Gasteiger partial charge in [-0.15, -0.1) is 0 Å². The van der Waals surface area contributed by atoms with Crippen molar-refractivity contribution >= 4 is 0 Å². The van der Waals surface area contributed by atoms with E-state index in [0.29, 0.717) is 17.8 Å². The summed E-state index contributed by atoms with van der Waals surface area (Å²) in [6.07, 6.45) is 8.16. The summed E-state index contributed by atoms with van der Waals surface area (Å²) in [5, 5.41) is 28.5. The second-order valence-corrected chi connectivity index (χ2v) is 12.2. The van der Waals surface area contributed by atoms with Gasteiger partial charge in [0.1, 0.15) is 0 Å². The zero-order chi connectivity index (χ0) is 24.8. The maximum atomic E-state index is 10.3. The molecular formula is C28H54O5. The second kappa shape index (κ2) is 13.2. The molecule has 0 aromatic carbocycles. The molecule has 2 aliphatic rings. The molecule has 2 fully saturated rings. The summed E-state index contributed by atoms with van der Waals surface area (Å²) in [6.45, 7) is 16.1. The molecular weight excluding hydrogens is 416 g/mol. The zero-order valence-electron chi connectivity index (χ0n) is 22.5. The van der Waals surface area contributed by atoms with Gasteiger partial charge in [-0.1, -0.05) is 73.6 Å². The molecule has 0 bridgehead atoms. The molecule has 1 saturated carbocycles. The van der Waals surface area contributed by atoms with Crippen molar-refractivity contribution in [1.82, 2.24) is 0 Å². The van der Waals surface area contributed by atoms with Gasteiger partial charge in [-0.3, -0.25) is 0 Å². The van der Waals surface area contributed by atoms with Crippen molar-refractivity contribution in [2.24, 2.45) is 35.5 Å². The van der Waals surface area contributed by atoms with E-state index in [2.05, 4.69) is 48.5 Å². The average molecular weight is 471 g/mol. The molecule has 1 saturated heterocycles. The molecule has 0 aromatic rings. The average Bonchev–Trinajstić information content (AvgIpc) is 2.73. The minimum absolute atomic E-state index is 0.0308. The third-order valence-corrected chi connectivity index (χ3v) is 8.78. The van der Waals surface area contributed by atoms with Crippen molar-refractivity contribution in [3.63, 3.8) is 0 Å². The molecule has 1 aliphatic heterocycles. The van der Waals surface area contributed by atoms with Crippen molar-refractivity contribution in [3.05, 3.63) is 0 Å². The number of aliphatic hydroxyl groups excluding tert-OH is 2. The first-order valence-corrected chi connectivity index (χ1v) is 13.8. The van der Waals surface area contributed by atoms with Gasteiger partial charge in [-0.05, 0) is 61.7 Å². The van der Waals surface area contributed by atoms with Gasteiger partial charge in [0.25, 0.3) is 0 Å². The highest BCUT2D eigenvalue weighted by Crippen LogP contribution is 2.49. The molecule has 9 atom stereocenters. The molecule has 33 heavy (non-hydrogen) atoms. The van der Waals surface area contributed by atoms with Crippen molar-refractivity contribution in [2.45, 2.75) is 143 Å². The van der Waals surface area contributed by atoms with E-state index in [0.717, 1.165) is 31.1 Å². The molecule has 5 nitrogen and oxygen atoms in total. The highest BCUT2D eigenvalue weighted by molar-refractivity contribution is 4.99. The second-order valence-electron chi connectivity index (χ2n) is 12.2. The largest absolute Gasteiger partial charge is 0.371 e. The summed E-state index contributed by atoms with van der Waals surface area (Å²) in [5.41, 5.74) is -0.0308. The van der Waals surface area contributed by atoms with E-state index in [4.69, 9.17) is 19.7 Å². The first kappa shape index (κ1) is 29.0. The molecule has 1 aliphatic carbocycles. The number of hydrogen-bond donors (Lipinski definition) is 3. The molecule has 2 rings (SSSR count). The lowest BCUT2D eigenvalue weighted by molar-refractivity contribution is -0.250. The molecule has 0 aromatic heterocycles. The third kappa shape index (κ3) is 8.75. The number of hydrogen-bond acceptors (Lipinski definition) is 5. The molecule has 3 N–H and O–H groups in total. The van der Waals surface area contributed by atoms with Crippen LogP contribution in [0.1, 0.15) is 113 Å². The lowest BCUT2D eigenvalue weighted by Gasteiger charge is -2.55. The van der Waals surface area contributed by atoms with Gasteiger partial charge >= 0.3 is 0 Å². The third-order valence-electron chi connectivity index (χ3n) is 8.78. The first-order valence-electron chi connectivity index (χ1n) is 13.8. The molecule has 0 radical (unpaired) electrons. The molecule has 5 heteroatoms. The number of fused-ring (bicyclic) bond motifs is 1. The van der Waals surface area contributed by atoms with Crippen LogP contribution in [0.4, 0.5) is 0 Å². The predicted molar refractivity (Wildman–Crippen MR) is 134 cm³/mol. The van der Waals surface area contributed by atoms with Crippen LogP contribution in [0.25, 0.3) is 0 Å². The highest BCUT2D eigenvalue weighted by Gasteiger charge is 2.51. The van der Waals surface area contributed by atoms with E-state index in [1.54, 1.807) is 0 Å². The summed E-state index contributed by atoms with van der Waals surface area (Å²) in [7, 11) is 0. The summed E-state index contributed by atoms with van der Waals surface area (Å²) in [4.78, 5) is 0. The smallest absolute Gasteiger partial charge is 0.155 e. The Bertz CT molecular complexity index is 552. The summed E-state index contributed by atoms with van der Waals surface area (Å²) in [5.74, 6) is 3.00. The standard InChI is InChI=1S/C28H54O5/c1-18(2)10-8-11-19(3)12-9-16-28(7)17-15-23-22(6)26(20(4)21(5)27(23)33-28)32-25(31)14-13-24(29)30/h18-27,29-31H,8-17H2,1-7H3/t19?,20?,21?,22?,23?,25?,26?,27?,28-/m1/s1. The van der Waals surface area contributed by atoms with Crippen LogP contribution >= 0.6 is 0 Å². The SMILES string of the molecule is CC(C)CCCC(C)CCC[C@]1(C)CCC2C(C)C(OC(O)CCC(O)O)C(C)C(C)C2O1. The Morgan fingerprint density at radius 3 is 2.18 bits per heavy atom. The monoisotopic (exact) mass is 470 g/mol. The van der Waals surface area contributed by atoms with Crippen molar-refractivity contribution in [3.8, 4) is 0 Å². The van der Waals surface area contributed by atoms with Crippen molar-refractivity contribution in [2.75, 3.05) is 0 Å². The molecule has 0 spiro atoms. The number of rotatable bonds is 13. The van der Waals surface area contributed by atoms with Gasteiger partial charge in [-0.25, -0.2) is 0 Å². The lowest BCUT2D eigenvalue weighted by atomic mass is 9.62. The summed E-state index contributed by atoms with van der Waals surface area (Å²) in [6, 6.07) is 0. The van der Waals surface area contributed by atoms with E-state index in [-0.39, 0.29) is 36.6 Å². The van der Waals surface area contributed by atoms with Crippen LogP contribution in [-0.4, -0.2) is 45.7 Å². The van der Waals surface area contributed by atoms with Crippen molar-refractivity contribution in [1.29, 1.82) is 0 Å². The fourth-order valence-electron chi connectivity index (χ4n) is 6.31. The minimum atomic E-state index is -1.40. The molecule has 8 unspecified atom stereocenters. The van der Waals surface area contributed by atoms with E-state index in [1.807, 2.05) is 0 Å². The Hall–Kier alpha value is -0.200. The van der Waals surface area contributed by atoms with Gasteiger partial charge in [0.05, 0.1) is 17.8 Å². The van der Waals surface area contributed by atoms with Crippen LogP contribution in [0.15, 0.2) is 0 Å². The minimum Gasteiger partial charge on any atom is -0.371 e. The normalized spacial score (nSPS) is 36.7. The van der Waals surface area contributed by atoms with Gasteiger partial charge in [0.2, 0.25) is 0 Å². The Morgan fingerprint density at radius 2 is 1.55 bits per heavy atom. The lowest BCUT2D eigenvalue weighted by Crippen LogP contribution is -2.57. The Kier molecular flexibility index (Phi) is 11.6.